The molecule has 25 heavy (non-hydrogen) atoms. The fraction of sp³-hybridized carbons (Fsp3) is 0.294. The Labute approximate surface area is 156 Å². The highest BCUT2D eigenvalue weighted by Crippen LogP contribution is 2.31. The molecule has 1 saturated heterocycles. The Hall–Kier alpha value is -1.63. The van der Waals surface area contributed by atoms with Crippen LogP contribution in [-0.4, -0.2) is 37.3 Å². The molecular formula is C17H16Cl2N2O3S. The van der Waals surface area contributed by atoms with Gasteiger partial charge in [0.2, 0.25) is 0 Å². The molecule has 2 heterocycles. The second kappa shape index (κ2) is 7.32. The maximum absolute atomic E-state index is 12.7. The van der Waals surface area contributed by atoms with Crippen LogP contribution in [0.2, 0.25) is 10.0 Å². The molecule has 1 fully saturated rings. The van der Waals surface area contributed by atoms with Gasteiger partial charge in [0.05, 0.1) is 21.4 Å². The van der Waals surface area contributed by atoms with Gasteiger partial charge in [-0.05, 0) is 36.6 Å². The van der Waals surface area contributed by atoms with E-state index in [1.54, 1.807) is 17.0 Å². The fourth-order valence-electron chi connectivity index (χ4n) is 2.86. The summed E-state index contributed by atoms with van der Waals surface area (Å²) >= 11 is 12.0. The van der Waals surface area contributed by atoms with Crippen LogP contribution in [0.25, 0.3) is 0 Å². The Morgan fingerprint density at radius 3 is 2.40 bits per heavy atom. The molecule has 0 N–H and O–H groups in total. The topological polar surface area (TPSA) is 67.3 Å². The molecule has 132 valence electrons. The third kappa shape index (κ3) is 3.97. The van der Waals surface area contributed by atoms with Gasteiger partial charge in [-0.2, -0.15) is 0 Å². The van der Waals surface area contributed by atoms with Crippen LogP contribution < -0.4 is 0 Å². The van der Waals surface area contributed by atoms with Crippen molar-refractivity contribution in [2.24, 2.45) is 0 Å². The molecule has 1 aromatic heterocycles. The molecule has 1 aliphatic heterocycles. The van der Waals surface area contributed by atoms with E-state index in [-0.39, 0.29) is 26.6 Å². The lowest BCUT2D eigenvalue weighted by atomic mass is 10.2. The number of hydrogen-bond donors (Lipinski definition) is 0. The van der Waals surface area contributed by atoms with Crippen LogP contribution >= 0.6 is 23.2 Å². The van der Waals surface area contributed by atoms with E-state index in [2.05, 4.69) is 4.98 Å². The van der Waals surface area contributed by atoms with Gasteiger partial charge in [0.25, 0.3) is 5.91 Å². The molecular weight excluding hydrogens is 383 g/mol. The zero-order valence-electron chi connectivity index (χ0n) is 13.3. The van der Waals surface area contributed by atoms with Gasteiger partial charge in [-0.1, -0.05) is 29.3 Å². The lowest BCUT2D eigenvalue weighted by molar-refractivity contribution is 0.0792. The minimum atomic E-state index is -3.76. The van der Waals surface area contributed by atoms with Crippen molar-refractivity contribution in [2.45, 2.75) is 23.5 Å². The molecule has 0 radical (unpaired) electrons. The Balaban J connectivity index is 1.88. The number of likely N-dealkylation sites (tertiary alicyclic amines) is 1. The first-order valence-corrected chi connectivity index (χ1v) is 10.2. The Bertz CT molecular complexity index is 890. The summed E-state index contributed by atoms with van der Waals surface area (Å²) in [5.41, 5.74) is 0.806. The highest BCUT2D eigenvalue weighted by molar-refractivity contribution is 7.90. The minimum Gasteiger partial charge on any atom is -0.339 e. The second-order valence-electron chi connectivity index (χ2n) is 5.89. The van der Waals surface area contributed by atoms with Crippen LogP contribution in [0.1, 0.15) is 28.8 Å². The Morgan fingerprint density at radius 2 is 1.76 bits per heavy atom. The number of rotatable bonds is 4. The molecule has 2 aromatic rings. The molecule has 0 spiro atoms. The molecule has 8 heteroatoms. The summed E-state index contributed by atoms with van der Waals surface area (Å²) in [5.74, 6) is -0.454. The number of carbonyl (C=O) groups excluding carboxylic acids is 1. The molecule has 0 saturated carbocycles. The minimum absolute atomic E-state index is 0.0738. The summed E-state index contributed by atoms with van der Waals surface area (Å²) in [6, 6.07) is 6.11. The van der Waals surface area contributed by atoms with E-state index >= 15 is 0 Å². The van der Waals surface area contributed by atoms with Gasteiger partial charge in [-0.3, -0.25) is 9.78 Å². The normalized spacial score (nSPS) is 14.7. The highest BCUT2D eigenvalue weighted by Gasteiger charge is 2.24. The zero-order chi connectivity index (χ0) is 18.0. The van der Waals surface area contributed by atoms with Crippen molar-refractivity contribution >= 4 is 38.9 Å². The standard InChI is InChI=1S/C17H16Cl2N2O3S/c18-14-4-3-5-15(19)16(14)25(23,24)11-12-8-13(10-20-9-12)17(22)21-6-1-2-7-21/h3-5,8-10H,1-2,6-7,11H2. The average Bonchev–Trinajstić information content (AvgIpc) is 3.08. The first-order chi connectivity index (χ1) is 11.9. The van der Waals surface area contributed by atoms with Crippen LogP contribution in [0.4, 0.5) is 0 Å². The van der Waals surface area contributed by atoms with Gasteiger partial charge in [0.15, 0.2) is 9.84 Å². The molecule has 1 amide bonds. The van der Waals surface area contributed by atoms with Gasteiger partial charge in [-0.25, -0.2) is 8.42 Å². The fourth-order valence-corrected chi connectivity index (χ4v) is 5.43. The molecule has 0 unspecified atom stereocenters. The lowest BCUT2D eigenvalue weighted by Crippen LogP contribution is -2.27. The summed E-state index contributed by atoms with van der Waals surface area (Å²) in [4.78, 5) is 18.1. The Morgan fingerprint density at radius 1 is 1.12 bits per heavy atom. The number of amides is 1. The monoisotopic (exact) mass is 398 g/mol. The Kier molecular flexibility index (Phi) is 5.32. The SMILES string of the molecule is O=C(c1cncc(CS(=O)(=O)c2c(Cl)cccc2Cl)c1)N1CCCC1. The van der Waals surface area contributed by atoms with Crippen molar-refractivity contribution in [3.8, 4) is 0 Å². The summed E-state index contributed by atoms with van der Waals surface area (Å²) < 4.78 is 25.4. The van der Waals surface area contributed by atoms with Crippen molar-refractivity contribution < 1.29 is 13.2 Å². The number of pyridine rings is 1. The zero-order valence-corrected chi connectivity index (χ0v) is 15.6. The smallest absolute Gasteiger partial charge is 0.255 e. The summed E-state index contributed by atoms with van der Waals surface area (Å²) in [6.07, 6.45) is 4.86. The van der Waals surface area contributed by atoms with Crippen LogP contribution in [0.5, 0.6) is 0 Å². The third-order valence-electron chi connectivity index (χ3n) is 4.02. The molecule has 1 aromatic carbocycles. The quantitative estimate of drug-likeness (QED) is 0.788. The first-order valence-electron chi connectivity index (χ1n) is 7.78. The molecule has 0 atom stereocenters. The third-order valence-corrected chi connectivity index (χ3v) is 6.65. The highest BCUT2D eigenvalue weighted by atomic mass is 35.5. The van der Waals surface area contributed by atoms with Crippen molar-refractivity contribution in [3.05, 3.63) is 57.8 Å². The van der Waals surface area contributed by atoms with Gasteiger partial charge in [0.1, 0.15) is 4.90 Å². The van der Waals surface area contributed by atoms with Gasteiger partial charge in [-0.15, -0.1) is 0 Å². The van der Waals surface area contributed by atoms with E-state index in [9.17, 15) is 13.2 Å². The predicted molar refractivity (Wildman–Crippen MR) is 96.7 cm³/mol. The number of sulfone groups is 1. The molecule has 5 nitrogen and oxygen atoms in total. The predicted octanol–water partition coefficient (Wildman–Crippen LogP) is 3.60. The number of nitrogens with zero attached hydrogens (tertiary/aromatic N) is 2. The van der Waals surface area contributed by atoms with E-state index in [0.29, 0.717) is 11.1 Å². The molecule has 0 bridgehead atoms. The summed E-state index contributed by atoms with van der Waals surface area (Å²) in [7, 11) is -3.76. The van der Waals surface area contributed by atoms with Crippen molar-refractivity contribution in [1.29, 1.82) is 0 Å². The van der Waals surface area contributed by atoms with E-state index in [4.69, 9.17) is 23.2 Å². The number of carbonyl (C=O) groups is 1. The van der Waals surface area contributed by atoms with Gasteiger partial charge in [0, 0.05) is 25.5 Å². The summed E-state index contributed by atoms with van der Waals surface area (Å²) in [6.45, 7) is 1.44. The molecule has 0 aliphatic carbocycles. The number of aromatic nitrogens is 1. The number of benzene rings is 1. The van der Waals surface area contributed by atoms with E-state index in [1.807, 2.05) is 0 Å². The second-order valence-corrected chi connectivity index (χ2v) is 8.63. The number of hydrogen-bond acceptors (Lipinski definition) is 4. The number of halogens is 2. The maximum Gasteiger partial charge on any atom is 0.255 e. The van der Waals surface area contributed by atoms with Gasteiger partial charge >= 0.3 is 0 Å². The van der Waals surface area contributed by atoms with E-state index < -0.39 is 9.84 Å². The van der Waals surface area contributed by atoms with Crippen molar-refractivity contribution in [2.75, 3.05) is 13.1 Å². The summed E-state index contributed by atoms with van der Waals surface area (Å²) in [5, 5.41) is 0.148. The van der Waals surface area contributed by atoms with Crippen LogP contribution in [0.3, 0.4) is 0 Å². The molecule has 3 rings (SSSR count). The maximum atomic E-state index is 12.7. The van der Waals surface area contributed by atoms with Gasteiger partial charge < -0.3 is 4.90 Å². The average molecular weight is 399 g/mol. The van der Waals surface area contributed by atoms with Crippen molar-refractivity contribution in [1.82, 2.24) is 9.88 Å². The van der Waals surface area contributed by atoms with Crippen molar-refractivity contribution in [3.63, 3.8) is 0 Å². The van der Waals surface area contributed by atoms with Crippen LogP contribution in [-0.2, 0) is 15.6 Å². The first kappa shape index (κ1) is 18.2. The molecule has 1 aliphatic rings. The lowest BCUT2D eigenvalue weighted by Gasteiger charge is -2.15. The van der Waals surface area contributed by atoms with Crippen LogP contribution in [0, 0.1) is 0 Å². The van der Waals surface area contributed by atoms with E-state index in [0.717, 1.165) is 25.9 Å². The van der Waals surface area contributed by atoms with Crippen LogP contribution in [0.15, 0.2) is 41.6 Å². The van der Waals surface area contributed by atoms with E-state index in [1.165, 1.54) is 24.5 Å². The largest absolute Gasteiger partial charge is 0.339 e.